The molecule has 3 rings (SSSR count). The second-order valence-electron chi connectivity index (χ2n) is 7.43. The molecule has 1 aliphatic heterocycles. The number of hydrogen-bond donors (Lipinski definition) is 1. The van der Waals surface area contributed by atoms with Gasteiger partial charge in [0.25, 0.3) is 17.7 Å². The summed E-state index contributed by atoms with van der Waals surface area (Å²) < 4.78 is 0. The monoisotopic (exact) mass is 386 g/mol. The van der Waals surface area contributed by atoms with E-state index >= 15 is 0 Å². The maximum atomic E-state index is 12.5. The maximum absolute atomic E-state index is 12.5. The van der Waals surface area contributed by atoms with Crippen LogP contribution in [0.2, 0.25) is 0 Å². The van der Waals surface area contributed by atoms with Crippen molar-refractivity contribution in [2.75, 3.05) is 11.9 Å². The van der Waals surface area contributed by atoms with E-state index in [1.807, 2.05) is 13.8 Å². The summed E-state index contributed by atoms with van der Waals surface area (Å²) in [7, 11) is 0. The van der Waals surface area contributed by atoms with Crippen LogP contribution in [0.5, 0.6) is 0 Å². The predicted molar refractivity (Wildman–Crippen MR) is 103 cm³/mol. The fourth-order valence-electron chi connectivity index (χ4n) is 2.87. The van der Waals surface area contributed by atoms with Gasteiger partial charge in [0.15, 0.2) is 0 Å². The summed E-state index contributed by atoms with van der Waals surface area (Å²) in [6, 6.07) is 4.56. The lowest BCUT2D eigenvalue weighted by atomic mass is 10.1. The molecule has 142 valence electrons. The quantitative estimate of drug-likeness (QED) is 0.770. The Morgan fingerprint density at radius 1 is 1.07 bits per heavy atom. The van der Waals surface area contributed by atoms with E-state index in [0.717, 1.165) is 11.4 Å². The second kappa shape index (κ2) is 7.56. The van der Waals surface area contributed by atoms with E-state index < -0.39 is 0 Å². The van der Waals surface area contributed by atoms with Crippen molar-refractivity contribution in [1.29, 1.82) is 0 Å². The van der Waals surface area contributed by atoms with Crippen molar-refractivity contribution in [3.05, 3.63) is 39.9 Å². The molecule has 0 unspecified atom stereocenters. The topological polar surface area (TPSA) is 92.3 Å². The van der Waals surface area contributed by atoms with Gasteiger partial charge in [-0.3, -0.25) is 24.6 Å². The molecule has 1 aliphatic rings. The van der Waals surface area contributed by atoms with Crippen molar-refractivity contribution in [3.8, 4) is 0 Å². The fraction of sp³-hybridized carbons (Fsp3) is 0.421. The van der Waals surface area contributed by atoms with Crippen LogP contribution in [0.1, 0.15) is 63.8 Å². The number of fused-ring (bicyclic) bond motifs is 1. The van der Waals surface area contributed by atoms with Crippen LogP contribution < -0.4 is 5.32 Å². The highest BCUT2D eigenvalue weighted by atomic mass is 32.1. The van der Waals surface area contributed by atoms with Crippen LogP contribution in [0.4, 0.5) is 5.13 Å². The van der Waals surface area contributed by atoms with Crippen LogP contribution in [0.3, 0.4) is 0 Å². The smallest absolute Gasteiger partial charge is 0.261 e. The summed E-state index contributed by atoms with van der Waals surface area (Å²) in [5.74, 6) is -0.415. The number of rotatable bonds is 6. The molecule has 1 N–H and O–H groups in total. The van der Waals surface area contributed by atoms with E-state index in [2.05, 4.69) is 29.4 Å². The Bertz CT molecular complexity index is 904. The van der Waals surface area contributed by atoms with E-state index in [4.69, 9.17) is 0 Å². The van der Waals surface area contributed by atoms with Gasteiger partial charge in [0.2, 0.25) is 5.13 Å². The SMILES string of the molecule is CC(C)Cc1nnc(NC(=O)c2ccc3c(c2)C(=O)N(CC(C)C)C3=O)s1. The molecule has 0 saturated carbocycles. The minimum Gasteiger partial charge on any atom is -0.296 e. The average molecular weight is 386 g/mol. The third-order valence-corrected chi connectivity index (χ3v) is 4.91. The van der Waals surface area contributed by atoms with Crippen molar-refractivity contribution >= 4 is 34.2 Å². The number of imide groups is 1. The molecule has 0 radical (unpaired) electrons. The first-order valence-corrected chi connectivity index (χ1v) is 9.72. The largest absolute Gasteiger partial charge is 0.296 e. The van der Waals surface area contributed by atoms with Gasteiger partial charge in [0.1, 0.15) is 5.01 Å². The Morgan fingerprint density at radius 3 is 2.44 bits per heavy atom. The number of amides is 3. The Labute approximate surface area is 161 Å². The van der Waals surface area contributed by atoms with Crippen molar-refractivity contribution in [3.63, 3.8) is 0 Å². The summed E-state index contributed by atoms with van der Waals surface area (Å²) >= 11 is 1.33. The zero-order chi connectivity index (χ0) is 19.7. The van der Waals surface area contributed by atoms with E-state index in [1.54, 1.807) is 6.07 Å². The highest BCUT2D eigenvalue weighted by Crippen LogP contribution is 2.26. The molecule has 7 nitrogen and oxygen atoms in total. The highest BCUT2D eigenvalue weighted by Gasteiger charge is 2.36. The molecule has 0 fully saturated rings. The molecule has 0 bridgehead atoms. The molecule has 27 heavy (non-hydrogen) atoms. The van der Waals surface area contributed by atoms with E-state index in [1.165, 1.54) is 28.4 Å². The zero-order valence-corrected chi connectivity index (χ0v) is 16.6. The molecular weight excluding hydrogens is 364 g/mol. The lowest BCUT2D eigenvalue weighted by Crippen LogP contribution is -2.33. The summed E-state index contributed by atoms with van der Waals surface area (Å²) in [5, 5.41) is 12.0. The minimum absolute atomic E-state index is 0.174. The third kappa shape index (κ3) is 4.05. The fourth-order valence-corrected chi connectivity index (χ4v) is 3.81. The minimum atomic E-state index is -0.382. The number of hydrogen-bond acceptors (Lipinski definition) is 6. The maximum Gasteiger partial charge on any atom is 0.261 e. The zero-order valence-electron chi connectivity index (χ0n) is 15.8. The molecule has 0 aliphatic carbocycles. The van der Waals surface area contributed by atoms with Crippen molar-refractivity contribution in [2.24, 2.45) is 11.8 Å². The van der Waals surface area contributed by atoms with Gasteiger partial charge in [-0.25, -0.2) is 0 Å². The standard InChI is InChI=1S/C19H22N4O3S/c1-10(2)7-15-21-22-19(27-15)20-16(24)12-5-6-13-14(8-12)18(26)23(17(13)25)9-11(3)4/h5-6,8,10-11H,7,9H2,1-4H3,(H,20,22,24). The van der Waals surface area contributed by atoms with Gasteiger partial charge in [-0.15, -0.1) is 10.2 Å². The number of nitrogens with one attached hydrogen (secondary N) is 1. The first-order chi connectivity index (χ1) is 12.8. The van der Waals surface area contributed by atoms with Crippen LogP contribution in [-0.4, -0.2) is 39.4 Å². The predicted octanol–water partition coefficient (Wildman–Crippen LogP) is 3.24. The molecule has 0 atom stereocenters. The Hall–Kier alpha value is -2.61. The molecule has 3 amide bonds. The lowest BCUT2D eigenvalue weighted by molar-refractivity contribution is 0.0636. The van der Waals surface area contributed by atoms with E-state index in [0.29, 0.717) is 28.7 Å². The highest BCUT2D eigenvalue weighted by molar-refractivity contribution is 7.15. The summed E-state index contributed by atoms with van der Waals surface area (Å²) in [6.07, 6.45) is 0.800. The van der Waals surface area contributed by atoms with Gasteiger partial charge in [0, 0.05) is 18.5 Å². The molecule has 0 saturated heterocycles. The van der Waals surface area contributed by atoms with Crippen molar-refractivity contribution in [2.45, 2.75) is 34.1 Å². The van der Waals surface area contributed by atoms with Gasteiger partial charge in [-0.05, 0) is 30.0 Å². The molecule has 1 aromatic heterocycles. The molecule has 2 aromatic rings. The number of carbonyl (C=O) groups excluding carboxylic acids is 3. The Kier molecular flexibility index (Phi) is 5.36. The van der Waals surface area contributed by atoms with E-state index in [9.17, 15) is 14.4 Å². The van der Waals surface area contributed by atoms with Crippen molar-refractivity contribution in [1.82, 2.24) is 15.1 Å². The van der Waals surface area contributed by atoms with Crippen LogP contribution in [0.15, 0.2) is 18.2 Å². The average Bonchev–Trinajstić information content (AvgIpc) is 3.12. The Balaban J connectivity index is 1.77. The molecule has 2 heterocycles. The van der Waals surface area contributed by atoms with Crippen LogP contribution in [0, 0.1) is 11.8 Å². The summed E-state index contributed by atoms with van der Waals surface area (Å²) in [4.78, 5) is 38.7. The Morgan fingerprint density at radius 2 is 1.78 bits per heavy atom. The number of nitrogens with zero attached hydrogens (tertiary/aromatic N) is 3. The number of benzene rings is 1. The molecule has 8 heteroatoms. The van der Waals surface area contributed by atoms with E-state index in [-0.39, 0.29) is 29.2 Å². The third-order valence-electron chi connectivity index (χ3n) is 4.05. The summed E-state index contributed by atoms with van der Waals surface area (Å²) in [5.41, 5.74) is 0.917. The number of aromatic nitrogens is 2. The first kappa shape index (κ1) is 19.2. The normalized spacial score (nSPS) is 13.6. The van der Waals surface area contributed by atoms with Gasteiger partial charge in [0.05, 0.1) is 11.1 Å². The molecule has 1 aromatic carbocycles. The first-order valence-electron chi connectivity index (χ1n) is 8.90. The van der Waals surface area contributed by atoms with Crippen LogP contribution in [0.25, 0.3) is 0 Å². The second-order valence-corrected chi connectivity index (χ2v) is 8.49. The van der Waals surface area contributed by atoms with Gasteiger partial charge in [-0.2, -0.15) is 0 Å². The molecular formula is C19H22N4O3S. The van der Waals surface area contributed by atoms with Crippen LogP contribution >= 0.6 is 11.3 Å². The lowest BCUT2D eigenvalue weighted by Gasteiger charge is -2.15. The van der Waals surface area contributed by atoms with Gasteiger partial charge >= 0.3 is 0 Å². The molecule has 0 spiro atoms. The number of anilines is 1. The van der Waals surface area contributed by atoms with Gasteiger partial charge in [-0.1, -0.05) is 39.0 Å². The summed E-state index contributed by atoms with van der Waals surface area (Å²) in [6.45, 7) is 8.42. The van der Waals surface area contributed by atoms with Crippen LogP contribution in [-0.2, 0) is 6.42 Å². The number of carbonyl (C=O) groups is 3. The van der Waals surface area contributed by atoms with Gasteiger partial charge < -0.3 is 0 Å². The van der Waals surface area contributed by atoms with Crippen molar-refractivity contribution < 1.29 is 14.4 Å².